The molecule has 2 aromatic rings. The highest BCUT2D eigenvalue weighted by molar-refractivity contribution is 5.89. The summed E-state index contributed by atoms with van der Waals surface area (Å²) in [6.07, 6.45) is 3.88. The molecule has 0 aliphatic rings. The number of unbranched alkanes of at least 4 members (excludes halogenated alkanes) is 1. The van der Waals surface area contributed by atoms with Gasteiger partial charge in [0.05, 0.1) is 18.8 Å². The highest BCUT2D eigenvalue weighted by Gasteiger charge is 2.07. The van der Waals surface area contributed by atoms with E-state index in [1.807, 2.05) is 30.3 Å². The van der Waals surface area contributed by atoms with E-state index < -0.39 is 0 Å². The summed E-state index contributed by atoms with van der Waals surface area (Å²) in [6, 6.07) is 17.3. The fourth-order valence-corrected chi connectivity index (χ4v) is 2.19. The number of rotatable bonds is 9. The Hall–Kier alpha value is -2.29. The lowest BCUT2D eigenvalue weighted by molar-refractivity contribution is 0.0500. The van der Waals surface area contributed by atoms with Crippen molar-refractivity contribution in [2.24, 2.45) is 0 Å². The Bertz CT molecular complexity index is 576. The predicted octanol–water partition coefficient (Wildman–Crippen LogP) is 4.66. The first-order chi connectivity index (χ1) is 11.3. The third-order valence-corrected chi connectivity index (χ3v) is 3.54. The summed E-state index contributed by atoms with van der Waals surface area (Å²) in [5.74, 6) is 0.511. The lowest BCUT2D eigenvalue weighted by Crippen LogP contribution is -2.07. The molecule has 0 radical (unpaired) electrons. The standard InChI is InChI=1S/C20H24O3/c1-2-3-15-22-19-13-11-18(12-14-19)20(21)23-16-7-10-17-8-5-4-6-9-17/h4-6,8-9,11-14H,2-3,7,10,15-16H2,1H3. The second-order valence-corrected chi connectivity index (χ2v) is 5.45. The fourth-order valence-electron chi connectivity index (χ4n) is 2.19. The summed E-state index contributed by atoms with van der Waals surface area (Å²) < 4.78 is 10.9. The third-order valence-electron chi connectivity index (χ3n) is 3.54. The normalized spacial score (nSPS) is 10.3. The molecule has 0 saturated heterocycles. The lowest BCUT2D eigenvalue weighted by Gasteiger charge is -2.07. The number of esters is 1. The molecule has 0 saturated carbocycles. The molecular weight excluding hydrogens is 288 g/mol. The smallest absolute Gasteiger partial charge is 0.338 e. The van der Waals surface area contributed by atoms with Crippen molar-refractivity contribution >= 4 is 5.97 Å². The van der Waals surface area contributed by atoms with Crippen LogP contribution in [-0.4, -0.2) is 19.2 Å². The van der Waals surface area contributed by atoms with E-state index in [1.54, 1.807) is 12.1 Å². The minimum atomic E-state index is -0.279. The number of carbonyl (C=O) groups excluding carboxylic acids is 1. The quantitative estimate of drug-likeness (QED) is 0.499. The first kappa shape index (κ1) is 17.1. The lowest BCUT2D eigenvalue weighted by atomic mass is 10.1. The van der Waals surface area contributed by atoms with Crippen LogP contribution in [0.2, 0.25) is 0 Å². The maximum Gasteiger partial charge on any atom is 0.338 e. The summed E-state index contributed by atoms with van der Waals surface area (Å²) in [4.78, 5) is 12.0. The first-order valence-corrected chi connectivity index (χ1v) is 8.23. The molecule has 23 heavy (non-hydrogen) atoms. The Morgan fingerprint density at radius 3 is 2.35 bits per heavy atom. The zero-order chi connectivity index (χ0) is 16.3. The topological polar surface area (TPSA) is 35.5 Å². The van der Waals surface area contributed by atoms with Crippen LogP contribution < -0.4 is 4.74 Å². The fraction of sp³-hybridized carbons (Fsp3) is 0.350. The first-order valence-electron chi connectivity index (χ1n) is 8.23. The summed E-state index contributed by atoms with van der Waals surface area (Å²) in [5.41, 5.74) is 1.82. The minimum Gasteiger partial charge on any atom is -0.494 e. The van der Waals surface area contributed by atoms with Crippen LogP contribution in [0.5, 0.6) is 5.75 Å². The summed E-state index contributed by atoms with van der Waals surface area (Å²) in [7, 11) is 0. The average molecular weight is 312 g/mol. The van der Waals surface area contributed by atoms with Crippen LogP contribution in [0.25, 0.3) is 0 Å². The van der Waals surface area contributed by atoms with Crippen LogP contribution in [0.15, 0.2) is 54.6 Å². The van der Waals surface area contributed by atoms with Gasteiger partial charge in [-0.05, 0) is 49.1 Å². The van der Waals surface area contributed by atoms with Gasteiger partial charge in [0.2, 0.25) is 0 Å². The Morgan fingerprint density at radius 2 is 1.65 bits per heavy atom. The molecule has 0 bridgehead atoms. The molecule has 2 aromatic carbocycles. The molecule has 0 aromatic heterocycles. The SMILES string of the molecule is CCCCOc1ccc(C(=O)OCCCc2ccccc2)cc1. The maximum absolute atomic E-state index is 12.0. The largest absolute Gasteiger partial charge is 0.494 e. The minimum absolute atomic E-state index is 0.279. The van der Waals surface area contributed by atoms with Gasteiger partial charge in [0, 0.05) is 0 Å². The van der Waals surface area contributed by atoms with Crippen molar-refractivity contribution in [2.75, 3.05) is 13.2 Å². The van der Waals surface area contributed by atoms with Gasteiger partial charge in [0.1, 0.15) is 5.75 Å². The number of carbonyl (C=O) groups is 1. The van der Waals surface area contributed by atoms with Crippen molar-refractivity contribution in [3.63, 3.8) is 0 Å². The molecule has 0 unspecified atom stereocenters. The Morgan fingerprint density at radius 1 is 0.913 bits per heavy atom. The van der Waals surface area contributed by atoms with Crippen molar-refractivity contribution in [1.82, 2.24) is 0 Å². The van der Waals surface area contributed by atoms with Crippen molar-refractivity contribution in [1.29, 1.82) is 0 Å². The molecule has 0 N–H and O–H groups in total. The zero-order valence-corrected chi connectivity index (χ0v) is 13.7. The monoisotopic (exact) mass is 312 g/mol. The van der Waals surface area contributed by atoms with Crippen molar-refractivity contribution < 1.29 is 14.3 Å². The molecule has 122 valence electrons. The van der Waals surface area contributed by atoms with Crippen LogP contribution in [0, 0.1) is 0 Å². The van der Waals surface area contributed by atoms with E-state index in [-0.39, 0.29) is 5.97 Å². The highest BCUT2D eigenvalue weighted by Crippen LogP contribution is 2.13. The van der Waals surface area contributed by atoms with Gasteiger partial charge >= 0.3 is 5.97 Å². The van der Waals surface area contributed by atoms with E-state index in [1.165, 1.54) is 5.56 Å². The van der Waals surface area contributed by atoms with E-state index in [2.05, 4.69) is 19.1 Å². The number of aryl methyl sites for hydroxylation is 1. The molecule has 3 heteroatoms. The van der Waals surface area contributed by atoms with E-state index in [4.69, 9.17) is 9.47 Å². The summed E-state index contributed by atoms with van der Waals surface area (Å²) in [6.45, 7) is 3.27. The molecule has 0 amide bonds. The van der Waals surface area contributed by atoms with Crippen LogP contribution in [0.1, 0.15) is 42.1 Å². The van der Waals surface area contributed by atoms with E-state index in [0.29, 0.717) is 18.8 Å². The molecule has 2 rings (SSSR count). The van der Waals surface area contributed by atoms with Gasteiger partial charge in [-0.25, -0.2) is 4.79 Å². The average Bonchev–Trinajstić information content (AvgIpc) is 2.60. The van der Waals surface area contributed by atoms with Crippen LogP contribution in [-0.2, 0) is 11.2 Å². The Kier molecular flexibility index (Phi) is 7.18. The van der Waals surface area contributed by atoms with Gasteiger partial charge in [0.25, 0.3) is 0 Å². The second kappa shape index (κ2) is 9.67. The van der Waals surface area contributed by atoms with Gasteiger partial charge in [0.15, 0.2) is 0 Å². The van der Waals surface area contributed by atoms with Crippen molar-refractivity contribution in [3.8, 4) is 5.75 Å². The highest BCUT2D eigenvalue weighted by atomic mass is 16.5. The predicted molar refractivity (Wildman–Crippen MR) is 91.9 cm³/mol. The number of hydrogen-bond donors (Lipinski definition) is 0. The zero-order valence-electron chi connectivity index (χ0n) is 13.7. The van der Waals surface area contributed by atoms with Crippen LogP contribution in [0.4, 0.5) is 0 Å². The molecule has 0 aliphatic carbocycles. The van der Waals surface area contributed by atoms with Gasteiger partial charge in [-0.1, -0.05) is 43.7 Å². The van der Waals surface area contributed by atoms with E-state index in [0.717, 1.165) is 31.4 Å². The van der Waals surface area contributed by atoms with Gasteiger partial charge < -0.3 is 9.47 Å². The van der Waals surface area contributed by atoms with Crippen molar-refractivity contribution in [3.05, 3.63) is 65.7 Å². The van der Waals surface area contributed by atoms with Crippen LogP contribution in [0.3, 0.4) is 0 Å². The van der Waals surface area contributed by atoms with Gasteiger partial charge in [-0.15, -0.1) is 0 Å². The molecule has 0 heterocycles. The molecule has 0 aliphatic heterocycles. The summed E-state index contributed by atoms with van der Waals surface area (Å²) in [5, 5.41) is 0. The molecule has 0 atom stereocenters. The molecule has 3 nitrogen and oxygen atoms in total. The summed E-state index contributed by atoms with van der Waals surface area (Å²) >= 11 is 0. The number of benzene rings is 2. The Labute approximate surface area is 138 Å². The van der Waals surface area contributed by atoms with E-state index >= 15 is 0 Å². The number of hydrogen-bond acceptors (Lipinski definition) is 3. The third kappa shape index (κ3) is 6.15. The van der Waals surface area contributed by atoms with Gasteiger partial charge in [-0.2, -0.15) is 0 Å². The number of ether oxygens (including phenoxy) is 2. The van der Waals surface area contributed by atoms with E-state index in [9.17, 15) is 4.79 Å². The molecule has 0 fully saturated rings. The maximum atomic E-state index is 12.0. The molecular formula is C20H24O3. The van der Waals surface area contributed by atoms with Gasteiger partial charge in [-0.3, -0.25) is 0 Å². The Balaban J connectivity index is 1.70. The van der Waals surface area contributed by atoms with Crippen molar-refractivity contribution in [2.45, 2.75) is 32.6 Å². The molecule has 0 spiro atoms. The van der Waals surface area contributed by atoms with Crippen LogP contribution >= 0.6 is 0 Å². The second-order valence-electron chi connectivity index (χ2n) is 5.45.